The van der Waals surface area contributed by atoms with Crippen LogP contribution < -0.4 is 5.73 Å². The van der Waals surface area contributed by atoms with Crippen LogP contribution in [0.2, 0.25) is 0 Å². The summed E-state index contributed by atoms with van der Waals surface area (Å²) < 4.78 is 1.03. The van der Waals surface area contributed by atoms with E-state index in [2.05, 4.69) is 4.98 Å². The Bertz CT molecular complexity index is 618. The molecule has 0 bridgehead atoms. The number of thiophene rings is 1. The summed E-state index contributed by atoms with van der Waals surface area (Å²) in [4.78, 5) is 18.9. The Morgan fingerprint density at radius 1 is 1.50 bits per heavy atom. The number of rotatable bonds is 2. The highest BCUT2D eigenvalue weighted by Gasteiger charge is 2.20. The van der Waals surface area contributed by atoms with E-state index in [0.717, 1.165) is 21.5 Å². The van der Waals surface area contributed by atoms with Crippen LogP contribution >= 0.6 is 11.3 Å². The van der Waals surface area contributed by atoms with Gasteiger partial charge in [-0.25, -0.2) is 0 Å². The predicted molar refractivity (Wildman–Crippen MR) is 76.1 cm³/mol. The fourth-order valence-electron chi connectivity index (χ4n) is 1.96. The molecule has 2 aromatic rings. The first kappa shape index (κ1) is 12.8. The Balaban J connectivity index is 2.64. The number of fused-ring (bicyclic) bond motifs is 1. The van der Waals surface area contributed by atoms with Gasteiger partial charge in [-0.05, 0) is 26.8 Å². The van der Waals surface area contributed by atoms with E-state index in [1.54, 1.807) is 11.9 Å². The van der Waals surface area contributed by atoms with Gasteiger partial charge in [0.15, 0.2) is 0 Å². The minimum Gasteiger partial charge on any atom is -0.397 e. The van der Waals surface area contributed by atoms with Gasteiger partial charge in [-0.3, -0.25) is 9.78 Å². The number of hydrogen-bond acceptors (Lipinski definition) is 4. The van der Waals surface area contributed by atoms with E-state index >= 15 is 0 Å². The molecule has 0 aromatic carbocycles. The van der Waals surface area contributed by atoms with Crippen LogP contribution in [0.3, 0.4) is 0 Å². The molecule has 96 valence electrons. The lowest BCUT2D eigenvalue weighted by Gasteiger charge is -2.13. The summed E-state index contributed by atoms with van der Waals surface area (Å²) in [6, 6.07) is 1.98. The van der Waals surface area contributed by atoms with Crippen molar-refractivity contribution in [2.45, 2.75) is 20.8 Å². The predicted octanol–water partition coefficient (Wildman–Crippen LogP) is 2.59. The van der Waals surface area contributed by atoms with Gasteiger partial charge in [-0.15, -0.1) is 11.3 Å². The first-order valence-electron chi connectivity index (χ1n) is 5.87. The van der Waals surface area contributed by atoms with Crippen molar-refractivity contribution < 1.29 is 4.79 Å². The number of nitrogen functional groups attached to an aromatic ring is 1. The van der Waals surface area contributed by atoms with Gasteiger partial charge in [0, 0.05) is 35.1 Å². The summed E-state index contributed by atoms with van der Waals surface area (Å²) in [6.45, 7) is 6.49. The van der Waals surface area contributed by atoms with Crippen molar-refractivity contribution in [2.75, 3.05) is 19.3 Å². The number of nitrogens with zero attached hydrogens (tertiary/aromatic N) is 2. The highest BCUT2D eigenvalue weighted by atomic mass is 32.1. The molecule has 5 heteroatoms. The van der Waals surface area contributed by atoms with Gasteiger partial charge in [0.05, 0.1) is 5.69 Å². The lowest BCUT2D eigenvalue weighted by molar-refractivity contribution is 0.0808. The monoisotopic (exact) mass is 263 g/mol. The van der Waals surface area contributed by atoms with Gasteiger partial charge >= 0.3 is 0 Å². The van der Waals surface area contributed by atoms with Crippen molar-refractivity contribution in [1.29, 1.82) is 0 Å². The molecular formula is C13H17N3OS. The van der Waals surface area contributed by atoms with Crippen LogP contribution in [-0.2, 0) is 0 Å². The van der Waals surface area contributed by atoms with Gasteiger partial charge in [-0.2, -0.15) is 0 Å². The van der Waals surface area contributed by atoms with Crippen molar-refractivity contribution in [3.05, 3.63) is 22.3 Å². The molecule has 0 unspecified atom stereocenters. The van der Waals surface area contributed by atoms with Gasteiger partial charge in [0.2, 0.25) is 0 Å². The summed E-state index contributed by atoms with van der Waals surface area (Å²) in [7, 11) is 1.78. The first-order chi connectivity index (χ1) is 8.45. The third-order valence-electron chi connectivity index (χ3n) is 3.03. The molecule has 2 N–H and O–H groups in total. The topological polar surface area (TPSA) is 59.2 Å². The molecular weight excluding hydrogens is 246 g/mol. The fourth-order valence-corrected chi connectivity index (χ4v) is 3.22. The van der Waals surface area contributed by atoms with Crippen LogP contribution in [0.5, 0.6) is 0 Å². The number of aryl methyl sites for hydroxylation is 2. The number of aromatic nitrogens is 1. The van der Waals surface area contributed by atoms with Gasteiger partial charge < -0.3 is 10.6 Å². The van der Waals surface area contributed by atoms with E-state index in [-0.39, 0.29) is 5.91 Å². The largest absolute Gasteiger partial charge is 0.397 e. The smallest absolute Gasteiger partial charge is 0.265 e. The number of hydrogen-bond donors (Lipinski definition) is 1. The van der Waals surface area contributed by atoms with Crippen LogP contribution in [0.1, 0.15) is 28.0 Å². The fraction of sp³-hybridized carbons (Fsp3) is 0.385. The second kappa shape index (κ2) is 4.57. The molecule has 1 amide bonds. The number of pyridine rings is 1. The third kappa shape index (κ3) is 1.95. The molecule has 0 saturated heterocycles. The minimum atomic E-state index is -0.0201. The van der Waals surface area contributed by atoms with Gasteiger partial charge in [-0.1, -0.05) is 0 Å². The highest BCUT2D eigenvalue weighted by molar-refractivity contribution is 7.21. The molecule has 0 atom stereocenters. The lowest BCUT2D eigenvalue weighted by atomic mass is 10.2. The molecule has 0 spiro atoms. The summed E-state index contributed by atoms with van der Waals surface area (Å²) in [6.07, 6.45) is 0. The standard InChI is InChI=1S/C13H17N3OS/c1-5-16(4)13(17)12-11(14)10-8(3)15-7(2)6-9(10)18-12/h6H,5,14H2,1-4H3. The zero-order valence-electron chi connectivity index (χ0n) is 11.1. The number of anilines is 1. The maximum atomic E-state index is 12.2. The van der Waals surface area contributed by atoms with Crippen molar-refractivity contribution in [3.8, 4) is 0 Å². The number of amides is 1. The molecule has 2 aromatic heterocycles. The quantitative estimate of drug-likeness (QED) is 0.906. The Labute approximate surface area is 110 Å². The molecule has 2 heterocycles. The number of carbonyl (C=O) groups excluding carboxylic acids is 1. The van der Waals surface area contributed by atoms with Crippen LogP contribution in [0.4, 0.5) is 5.69 Å². The molecule has 0 aliphatic carbocycles. The zero-order chi connectivity index (χ0) is 13.4. The maximum Gasteiger partial charge on any atom is 0.265 e. The highest BCUT2D eigenvalue weighted by Crippen LogP contribution is 2.36. The second-order valence-electron chi connectivity index (χ2n) is 4.39. The molecule has 0 aliphatic heterocycles. The molecule has 0 fully saturated rings. The average molecular weight is 263 g/mol. The SMILES string of the molecule is CCN(C)C(=O)c1sc2cc(C)nc(C)c2c1N. The van der Waals surface area contributed by atoms with Crippen LogP contribution in [-0.4, -0.2) is 29.4 Å². The second-order valence-corrected chi connectivity index (χ2v) is 5.44. The maximum absolute atomic E-state index is 12.2. The van der Waals surface area contributed by atoms with Crippen LogP contribution in [0.15, 0.2) is 6.07 Å². The first-order valence-corrected chi connectivity index (χ1v) is 6.69. The number of carbonyl (C=O) groups is 1. The Hall–Kier alpha value is -1.62. The summed E-state index contributed by atoms with van der Waals surface area (Å²) >= 11 is 1.45. The molecule has 18 heavy (non-hydrogen) atoms. The molecule has 4 nitrogen and oxygen atoms in total. The summed E-state index contributed by atoms with van der Waals surface area (Å²) in [5.74, 6) is -0.0201. The average Bonchev–Trinajstić information content (AvgIpc) is 2.64. The molecule has 0 radical (unpaired) electrons. The van der Waals surface area contributed by atoms with Crippen molar-refractivity contribution in [2.24, 2.45) is 0 Å². The van der Waals surface area contributed by atoms with E-state index in [9.17, 15) is 4.79 Å². The summed E-state index contributed by atoms with van der Waals surface area (Å²) in [5, 5.41) is 0.915. The van der Waals surface area contributed by atoms with Crippen molar-refractivity contribution in [3.63, 3.8) is 0 Å². The van der Waals surface area contributed by atoms with Gasteiger partial charge in [0.1, 0.15) is 4.88 Å². The van der Waals surface area contributed by atoms with Crippen LogP contribution in [0.25, 0.3) is 10.1 Å². The summed E-state index contributed by atoms with van der Waals surface area (Å²) in [5.41, 5.74) is 8.50. The third-order valence-corrected chi connectivity index (χ3v) is 4.17. The van der Waals surface area contributed by atoms with Crippen molar-refractivity contribution in [1.82, 2.24) is 9.88 Å². The molecule has 0 aliphatic rings. The van der Waals surface area contributed by atoms with Crippen molar-refractivity contribution >= 4 is 33.0 Å². The zero-order valence-corrected chi connectivity index (χ0v) is 11.9. The lowest BCUT2D eigenvalue weighted by Crippen LogP contribution is -2.26. The van der Waals surface area contributed by atoms with E-state index in [0.29, 0.717) is 17.1 Å². The number of nitrogens with two attached hydrogens (primary N) is 1. The van der Waals surface area contributed by atoms with Gasteiger partial charge in [0.25, 0.3) is 5.91 Å². The molecule has 2 rings (SSSR count). The Kier molecular flexibility index (Phi) is 3.26. The normalized spacial score (nSPS) is 10.9. The van der Waals surface area contributed by atoms with Crippen LogP contribution in [0, 0.1) is 13.8 Å². The van der Waals surface area contributed by atoms with E-state index < -0.39 is 0 Å². The minimum absolute atomic E-state index is 0.0201. The van der Waals surface area contributed by atoms with E-state index in [1.807, 2.05) is 26.8 Å². The van der Waals surface area contributed by atoms with E-state index in [4.69, 9.17) is 5.73 Å². The molecule has 0 saturated carbocycles. The van der Waals surface area contributed by atoms with E-state index in [1.165, 1.54) is 11.3 Å². The Morgan fingerprint density at radius 3 is 2.78 bits per heavy atom. The Morgan fingerprint density at radius 2 is 2.17 bits per heavy atom.